The maximum atomic E-state index is 11.2. The van der Waals surface area contributed by atoms with Crippen LogP contribution >= 0.6 is 0 Å². The summed E-state index contributed by atoms with van der Waals surface area (Å²) in [5.41, 5.74) is 0. The summed E-state index contributed by atoms with van der Waals surface area (Å²) in [5.74, 6) is 0.351. The van der Waals surface area contributed by atoms with E-state index in [1.807, 2.05) is 18.7 Å². The third kappa shape index (κ3) is 1.71. The summed E-state index contributed by atoms with van der Waals surface area (Å²) >= 11 is 0. The van der Waals surface area contributed by atoms with E-state index in [0.29, 0.717) is 6.42 Å². The number of hydrogen-bond donors (Lipinski definition) is 1. The van der Waals surface area contributed by atoms with Crippen LogP contribution in [0.2, 0.25) is 0 Å². The Morgan fingerprint density at radius 3 is 2.64 bits per heavy atom. The van der Waals surface area contributed by atoms with E-state index in [4.69, 9.17) is 5.11 Å². The van der Waals surface area contributed by atoms with Crippen LogP contribution in [0.15, 0.2) is 0 Å². The highest BCUT2D eigenvalue weighted by atomic mass is 16.3. The summed E-state index contributed by atoms with van der Waals surface area (Å²) in [6.07, 6.45) is 0.522. The summed E-state index contributed by atoms with van der Waals surface area (Å²) in [7, 11) is 0. The Labute approximate surface area is 67.0 Å². The van der Waals surface area contributed by atoms with E-state index >= 15 is 0 Å². The van der Waals surface area contributed by atoms with Gasteiger partial charge in [0, 0.05) is 31.5 Å². The van der Waals surface area contributed by atoms with Gasteiger partial charge in [0.15, 0.2) is 0 Å². The van der Waals surface area contributed by atoms with Gasteiger partial charge in [-0.05, 0) is 13.8 Å². The zero-order valence-corrected chi connectivity index (χ0v) is 7.08. The van der Waals surface area contributed by atoms with Gasteiger partial charge in [-0.1, -0.05) is 0 Å². The number of aliphatic hydroxyl groups is 1. The van der Waals surface area contributed by atoms with Gasteiger partial charge in [-0.3, -0.25) is 4.79 Å². The first-order valence-corrected chi connectivity index (χ1v) is 4.05. The Balaban J connectivity index is 2.52. The molecule has 0 spiro atoms. The molecular weight excluding hydrogens is 142 g/mol. The SMILES string of the molecule is CC(C)N1C[C@H](CO)CC1=O. The Hall–Kier alpha value is -0.570. The Bertz CT molecular complexity index is 156. The molecule has 0 aromatic heterocycles. The Morgan fingerprint density at radius 2 is 2.36 bits per heavy atom. The van der Waals surface area contributed by atoms with Crippen molar-refractivity contribution in [2.75, 3.05) is 13.2 Å². The van der Waals surface area contributed by atoms with Gasteiger partial charge in [-0.2, -0.15) is 0 Å². The fourth-order valence-corrected chi connectivity index (χ4v) is 1.43. The number of hydrogen-bond acceptors (Lipinski definition) is 2. The molecule has 1 N–H and O–H groups in total. The molecule has 11 heavy (non-hydrogen) atoms. The van der Waals surface area contributed by atoms with E-state index in [1.54, 1.807) is 0 Å². The molecule has 1 aliphatic heterocycles. The zero-order chi connectivity index (χ0) is 8.43. The molecule has 1 fully saturated rings. The van der Waals surface area contributed by atoms with Gasteiger partial charge in [0.2, 0.25) is 5.91 Å². The van der Waals surface area contributed by atoms with Crippen molar-refractivity contribution in [1.82, 2.24) is 4.90 Å². The number of rotatable bonds is 2. The lowest BCUT2D eigenvalue weighted by atomic mass is 10.1. The monoisotopic (exact) mass is 157 g/mol. The lowest BCUT2D eigenvalue weighted by Crippen LogP contribution is -2.32. The second-order valence-corrected chi connectivity index (χ2v) is 3.39. The maximum Gasteiger partial charge on any atom is 0.223 e. The molecule has 0 aromatic rings. The number of nitrogens with zero attached hydrogens (tertiary/aromatic N) is 1. The largest absolute Gasteiger partial charge is 0.396 e. The Kier molecular flexibility index (Phi) is 2.49. The fourth-order valence-electron chi connectivity index (χ4n) is 1.43. The summed E-state index contributed by atoms with van der Waals surface area (Å²) in [6.45, 7) is 4.86. The second kappa shape index (κ2) is 3.22. The molecule has 64 valence electrons. The minimum absolute atomic E-state index is 0.134. The van der Waals surface area contributed by atoms with Crippen molar-refractivity contribution < 1.29 is 9.90 Å². The van der Waals surface area contributed by atoms with Crippen molar-refractivity contribution >= 4 is 5.91 Å². The van der Waals surface area contributed by atoms with E-state index in [2.05, 4.69) is 0 Å². The van der Waals surface area contributed by atoms with E-state index < -0.39 is 0 Å². The average Bonchev–Trinajstić information content (AvgIpc) is 2.30. The average molecular weight is 157 g/mol. The van der Waals surface area contributed by atoms with Crippen LogP contribution < -0.4 is 0 Å². The summed E-state index contributed by atoms with van der Waals surface area (Å²) in [5, 5.41) is 8.80. The van der Waals surface area contributed by atoms with Crippen LogP contribution in [0.4, 0.5) is 0 Å². The van der Waals surface area contributed by atoms with Crippen molar-refractivity contribution in [3.63, 3.8) is 0 Å². The van der Waals surface area contributed by atoms with Crippen LogP contribution in [0.3, 0.4) is 0 Å². The van der Waals surface area contributed by atoms with Gasteiger partial charge in [0.25, 0.3) is 0 Å². The number of carbonyl (C=O) groups is 1. The molecule has 3 heteroatoms. The van der Waals surface area contributed by atoms with E-state index in [1.165, 1.54) is 0 Å². The predicted molar refractivity (Wildman–Crippen MR) is 42.0 cm³/mol. The predicted octanol–water partition coefficient (Wildman–Crippen LogP) is 0.236. The topological polar surface area (TPSA) is 40.5 Å². The van der Waals surface area contributed by atoms with Gasteiger partial charge >= 0.3 is 0 Å². The van der Waals surface area contributed by atoms with E-state index in [9.17, 15) is 4.79 Å². The van der Waals surface area contributed by atoms with Crippen LogP contribution in [0.25, 0.3) is 0 Å². The number of likely N-dealkylation sites (tertiary alicyclic amines) is 1. The molecule has 1 heterocycles. The minimum Gasteiger partial charge on any atom is -0.396 e. The molecular formula is C8H15NO2. The van der Waals surface area contributed by atoms with Crippen molar-refractivity contribution in [1.29, 1.82) is 0 Å². The first kappa shape index (κ1) is 8.53. The molecule has 1 aliphatic rings. The van der Waals surface area contributed by atoms with Crippen LogP contribution in [-0.2, 0) is 4.79 Å². The van der Waals surface area contributed by atoms with Crippen molar-refractivity contribution in [2.24, 2.45) is 5.92 Å². The van der Waals surface area contributed by atoms with E-state index in [0.717, 1.165) is 6.54 Å². The van der Waals surface area contributed by atoms with E-state index in [-0.39, 0.29) is 24.5 Å². The first-order valence-electron chi connectivity index (χ1n) is 4.05. The van der Waals surface area contributed by atoms with Gasteiger partial charge in [0.05, 0.1) is 0 Å². The van der Waals surface area contributed by atoms with Crippen LogP contribution in [0, 0.1) is 5.92 Å². The molecule has 0 aliphatic carbocycles. The number of amides is 1. The smallest absolute Gasteiger partial charge is 0.223 e. The highest BCUT2D eigenvalue weighted by Crippen LogP contribution is 2.18. The second-order valence-electron chi connectivity index (χ2n) is 3.39. The molecule has 0 saturated carbocycles. The third-order valence-corrected chi connectivity index (χ3v) is 2.12. The lowest BCUT2D eigenvalue weighted by molar-refractivity contribution is -0.129. The highest BCUT2D eigenvalue weighted by molar-refractivity contribution is 5.78. The standard InChI is InChI=1S/C8H15NO2/c1-6(2)9-4-7(5-10)3-8(9)11/h6-7,10H,3-5H2,1-2H3/t7-/m1/s1. The third-order valence-electron chi connectivity index (χ3n) is 2.12. The van der Waals surface area contributed by atoms with Crippen LogP contribution in [0.5, 0.6) is 0 Å². The van der Waals surface area contributed by atoms with Crippen molar-refractivity contribution in [2.45, 2.75) is 26.3 Å². The van der Waals surface area contributed by atoms with Gasteiger partial charge in [-0.25, -0.2) is 0 Å². The summed E-state index contributed by atoms with van der Waals surface area (Å²) in [4.78, 5) is 13.0. The normalized spacial score (nSPS) is 25.3. The molecule has 0 bridgehead atoms. The molecule has 0 aromatic carbocycles. The molecule has 3 nitrogen and oxygen atoms in total. The van der Waals surface area contributed by atoms with Crippen molar-refractivity contribution in [3.05, 3.63) is 0 Å². The van der Waals surface area contributed by atoms with Gasteiger partial charge < -0.3 is 10.0 Å². The van der Waals surface area contributed by atoms with Crippen LogP contribution in [0.1, 0.15) is 20.3 Å². The maximum absolute atomic E-state index is 11.2. The van der Waals surface area contributed by atoms with Gasteiger partial charge in [0.1, 0.15) is 0 Å². The number of carbonyl (C=O) groups excluding carboxylic acids is 1. The molecule has 0 radical (unpaired) electrons. The van der Waals surface area contributed by atoms with Gasteiger partial charge in [-0.15, -0.1) is 0 Å². The molecule has 1 amide bonds. The van der Waals surface area contributed by atoms with Crippen molar-refractivity contribution in [3.8, 4) is 0 Å². The minimum atomic E-state index is 0.134. The quantitative estimate of drug-likeness (QED) is 0.623. The first-order chi connectivity index (χ1) is 5.15. The zero-order valence-electron chi connectivity index (χ0n) is 7.08. The Morgan fingerprint density at radius 1 is 1.73 bits per heavy atom. The fraction of sp³-hybridized carbons (Fsp3) is 0.875. The van der Waals surface area contributed by atoms with Crippen LogP contribution in [-0.4, -0.2) is 35.1 Å². The lowest BCUT2D eigenvalue weighted by Gasteiger charge is -2.20. The molecule has 1 rings (SSSR count). The molecule has 0 unspecified atom stereocenters. The summed E-state index contributed by atoms with van der Waals surface area (Å²) < 4.78 is 0. The number of aliphatic hydroxyl groups excluding tert-OH is 1. The molecule has 1 saturated heterocycles. The highest BCUT2D eigenvalue weighted by Gasteiger charge is 2.30. The summed E-state index contributed by atoms with van der Waals surface area (Å²) in [6, 6.07) is 0.277. The molecule has 1 atom stereocenters.